The monoisotopic (exact) mass is 286 g/mol. The molecule has 0 aromatic carbocycles. The molecule has 5 nitrogen and oxygen atoms in total. The van der Waals surface area contributed by atoms with Gasteiger partial charge in [0, 0.05) is 0 Å². The van der Waals surface area contributed by atoms with Gasteiger partial charge in [-0.1, -0.05) is 13.8 Å². The minimum Gasteiger partial charge on any atom is -0.468 e. The van der Waals surface area contributed by atoms with Crippen LogP contribution in [0.25, 0.3) is 0 Å². The lowest BCUT2D eigenvalue weighted by atomic mass is 9.85. The Balaban J connectivity index is 0.00000172. The Morgan fingerprint density at radius 2 is 2.10 bits per heavy atom. The summed E-state index contributed by atoms with van der Waals surface area (Å²) in [6.07, 6.45) is 1.58. The van der Waals surface area contributed by atoms with E-state index in [-0.39, 0.29) is 17.8 Å². The van der Waals surface area contributed by atoms with E-state index in [0.29, 0.717) is 25.9 Å². The van der Waals surface area contributed by atoms with Crippen molar-refractivity contribution in [1.29, 1.82) is 0 Å². The van der Waals surface area contributed by atoms with Gasteiger partial charge in [-0.2, -0.15) is 0 Å². The maximum absolute atomic E-state index is 11.6. The second-order valence-corrected chi connectivity index (χ2v) is 4.96. The number of rotatable bonds is 6. The third-order valence-corrected chi connectivity index (χ3v) is 3.55. The number of ether oxygens (including phenoxy) is 2. The van der Waals surface area contributed by atoms with Crippen LogP contribution in [0.1, 0.15) is 39.5 Å². The van der Waals surface area contributed by atoms with E-state index in [9.17, 15) is 14.7 Å². The van der Waals surface area contributed by atoms with Crippen molar-refractivity contribution in [3.63, 3.8) is 0 Å². The molecule has 0 spiro atoms. The second kappa shape index (κ2) is 10.4. The van der Waals surface area contributed by atoms with Gasteiger partial charge in [-0.25, -0.2) is 0 Å². The fraction of sp³-hybridized carbons (Fsp3) is 0.733. The van der Waals surface area contributed by atoms with Gasteiger partial charge in [-0.15, -0.1) is 13.2 Å². The first kappa shape index (κ1) is 18.6. The molecular formula is C15H26O5. The number of aliphatic hydroxyl groups excluding tert-OH is 1. The summed E-state index contributed by atoms with van der Waals surface area (Å²) in [7, 11) is 0. The Morgan fingerprint density at radius 3 is 2.60 bits per heavy atom. The maximum Gasteiger partial charge on any atom is 0.309 e. The zero-order valence-corrected chi connectivity index (χ0v) is 12.4. The summed E-state index contributed by atoms with van der Waals surface area (Å²) in [5.74, 6) is -0.221. The molecule has 0 bridgehead atoms. The summed E-state index contributed by atoms with van der Waals surface area (Å²) in [5, 5.41) is 9.92. The van der Waals surface area contributed by atoms with Crippen molar-refractivity contribution >= 4 is 12.4 Å². The van der Waals surface area contributed by atoms with Crippen LogP contribution in [0, 0.1) is 11.8 Å². The highest BCUT2D eigenvalue weighted by atomic mass is 16.6. The average Bonchev–Trinajstić information content (AvgIpc) is 2.48. The van der Waals surface area contributed by atoms with Crippen LogP contribution in [0.15, 0.2) is 13.2 Å². The van der Waals surface area contributed by atoms with Gasteiger partial charge < -0.3 is 14.6 Å². The van der Waals surface area contributed by atoms with Gasteiger partial charge in [0.1, 0.15) is 6.10 Å². The van der Waals surface area contributed by atoms with Crippen LogP contribution >= 0.6 is 0 Å². The highest BCUT2D eigenvalue weighted by Crippen LogP contribution is 2.27. The summed E-state index contributed by atoms with van der Waals surface area (Å²) in [6.45, 7) is 10.5. The average molecular weight is 286 g/mol. The first-order chi connectivity index (χ1) is 9.58. The molecular weight excluding hydrogens is 260 g/mol. The lowest BCUT2D eigenvalue weighted by Gasteiger charge is -2.32. The highest BCUT2D eigenvalue weighted by Gasteiger charge is 2.32. The molecule has 1 fully saturated rings. The first-order valence-electron chi connectivity index (χ1n) is 7.02. The molecule has 0 aromatic heterocycles. The minimum atomic E-state index is -0.660. The molecule has 4 unspecified atom stereocenters. The Labute approximate surface area is 121 Å². The summed E-state index contributed by atoms with van der Waals surface area (Å²) < 4.78 is 10.0. The zero-order chi connectivity index (χ0) is 15.5. The molecule has 0 aromatic rings. The van der Waals surface area contributed by atoms with E-state index < -0.39 is 12.2 Å². The third-order valence-electron chi connectivity index (χ3n) is 3.55. The van der Waals surface area contributed by atoms with E-state index in [2.05, 4.69) is 13.2 Å². The van der Waals surface area contributed by atoms with Crippen LogP contribution in [0.4, 0.5) is 0 Å². The fourth-order valence-corrected chi connectivity index (χ4v) is 2.10. The van der Waals surface area contributed by atoms with Crippen LogP contribution in [0.2, 0.25) is 0 Å². The van der Waals surface area contributed by atoms with Gasteiger partial charge >= 0.3 is 5.97 Å². The quantitative estimate of drug-likeness (QED) is 0.460. The molecule has 1 saturated carbocycles. The summed E-state index contributed by atoms with van der Waals surface area (Å²) in [5.41, 5.74) is 0. The molecule has 0 saturated heterocycles. The molecule has 4 atom stereocenters. The largest absolute Gasteiger partial charge is 0.468 e. The molecule has 5 heteroatoms. The van der Waals surface area contributed by atoms with Crippen LogP contribution in [0.5, 0.6) is 0 Å². The van der Waals surface area contributed by atoms with Crippen molar-refractivity contribution in [3.05, 3.63) is 13.2 Å². The number of aliphatic hydroxyl groups is 1. The Morgan fingerprint density at radius 1 is 1.45 bits per heavy atom. The molecule has 0 aliphatic heterocycles. The number of hydrogen-bond donors (Lipinski definition) is 1. The minimum absolute atomic E-state index is 0.131. The second-order valence-electron chi connectivity index (χ2n) is 4.96. The van der Waals surface area contributed by atoms with E-state index in [1.165, 1.54) is 0 Å². The topological polar surface area (TPSA) is 72.8 Å². The number of carbonyl (C=O) groups is 2. The van der Waals surface area contributed by atoms with Gasteiger partial charge in [-0.3, -0.25) is 9.59 Å². The van der Waals surface area contributed by atoms with Crippen molar-refractivity contribution in [2.45, 2.75) is 51.7 Å². The van der Waals surface area contributed by atoms with Crippen molar-refractivity contribution in [3.8, 4) is 0 Å². The van der Waals surface area contributed by atoms with Gasteiger partial charge in [0.05, 0.1) is 18.6 Å². The molecule has 0 heterocycles. The predicted octanol–water partition coefficient (Wildman–Crippen LogP) is 2.08. The van der Waals surface area contributed by atoms with Crippen LogP contribution in [-0.4, -0.2) is 36.4 Å². The summed E-state index contributed by atoms with van der Waals surface area (Å²) >= 11 is 0. The Bertz CT molecular complexity index is 292. The SMILES string of the molecule is C=C.CCC(C)C(=O)OC1CCC(COC=O)CC1O. The number of esters is 1. The van der Waals surface area contributed by atoms with Gasteiger partial charge in [0.15, 0.2) is 0 Å². The van der Waals surface area contributed by atoms with Crippen LogP contribution in [-0.2, 0) is 19.1 Å². The molecule has 116 valence electrons. The zero-order valence-electron chi connectivity index (χ0n) is 12.4. The first-order valence-corrected chi connectivity index (χ1v) is 7.02. The Kier molecular flexibility index (Phi) is 9.72. The van der Waals surface area contributed by atoms with E-state index in [1.54, 1.807) is 0 Å². The molecule has 0 radical (unpaired) electrons. The third kappa shape index (κ3) is 6.19. The maximum atomic E-state index is 11.6. The van der Waals surface area contributed by atoms with E-state index in [1.807, 2.05) is 13.8 Å². The number of hydrogen-bond acceptors (Lipinski definition) is 5. The van der Waals surface area contributed by atoms with E-state index >= 15 is 0 Å². The standard InChI is InChI=1S/C13H22O5.C2H4/c1-3-9(2)13(16)18-12-5-4-10(6-11(12)15)7-17-8-14;1-2/h8-12,15H,3-7H2,1-2H3;1-2H2. The Hall–Kier alpha value is -1.36. The summed E-state index contributed by atoms with van der Waals surface area (Å²) in [4.78, 5) is 21.7. The van der Waals surface area contributed by atoms with Crippen molar-refractivity contribution in [1.82, 2.24) is 0 Å². The normalized spacial score (nSPS) is 26.6. The van der Waals surface area contributed by atoms with Crippen molar-refractivity contribution in [2.75, 3.05) is 6.61 Å². The lowest BCUT2D eigenvalue weighted by molar-refractivity contribution is -0.163. The van der Waals surface area contributed by atoms with Crippen molar-refractivity contribution < 1.29 is 24.2 Å². The van der Waals surface area contributed by atoms with E-state index in [4.69, 9.17) is 9.47 Å². The molecule has 1 N–H and O–H groups in total. The van der Waals surface area contributed by atoms with E-state index in [0.717, 1.165) is 12.8 Å². The molecule has 0 amide bonds. The van der Waals surface area contributed by atoms with Gasteiger partial charge in [0.25, 0.3) is 6.47 Å². The molecule has 1 rings (SSSR count). The molecule has 1 aliphatic carbocycles. The lowest BCUT2D eigenvalue weighted by Crippen LogP contribution is -2.39. The van der Waals surface area contributed by atoms with Gasteiger partial charge in [0.2, 0.25) is 0 Å². The van der Waals surface area contributed by atoms with Crippen LogP contribution in [0.3, 0.4) is 0 Å². The van der Waals surface area contributed by atoms with Gasteiger partial charge in [-0.05, 0) is 31.6 Å². The van der Waals surface area contributed by atoms with Crippen molar-refractivity contribution in [2.24, 2.45) is 11.8 Å². The summed E-state index contributed by atoms with van der Waals surface area (Å²) in [6, 6.07) is 0. The number of carbonyl (C=O) groups excluding carboxylic acids is 2. The fourth-order valence-electron chi connectivity index (χ4n) is 2.10. The molecule has 1 aliphatic rings. The predicted molar refractivity (Wildman–Crippen MR) is 76.0 cm³/mol. The highest BCUT2D eigenvalue weighted by molar-refractivity contribution is 5.72. The van der Waals surface area contributed by atoms with Crippen LogP contribution < -0.4 is 0 Å². The molecule has 20 heavy (non-hydrogen) atoms. The smallest absolute Gasteiger partial charge is 0.309 e.